The van der Waals surface area contributed by atoms with Crippen LogP contribution < -0.4 is 16.0 Å². The lowest BCUT2D eigenvalue weighted by atomic mass is 10.0. The van der Waals surface area contributed by atoms with Crippen LogP contribution in [0.2, 0.25) is 0 Å². The van der Waals surface area contributed by atoms with Gasteiger partial charge in [-0.15, -0.1) is 11.8 Å². The van der Waals surface area contributed by atoms with Crippen molar-refractivity contribution < 1.29 is 14.4 Å². The van der Waals surface area contributed by atoms with Crippen molar-refractivity contribution in [3.05, 3.63) is 24.3 Å². The average molecular weight is 376 g/mol. The van der Waals surface area contributed by atoms with Gasteiger partial charge in [0.05, 0.1) is 6.04 Å². The molecule has 3 N–H and O–H groups in total. The number of amides is 4. The Morgan fingerprint density at radius 3 is 2.92 bits per heavy atom. The molecule has 26 heavy (non-hydrogen) atoms. The second-order valence-electron chi connectivity index (χ2n) is 6.62. The summed E-state index contributed by atoms with van der Waals surface area (Å²) in [5.74, 6) is -0.172. The van der Waals surface area contributed by atoms with Gasteiger partial charge in [0, 0.05) is 17.1 Å². The highest BCUT2D eigenvalue weighted by molar-refractivity contribution is 7.98. The molecule has 2 heterocycles. The molecule has 4 amide bonds. The summed E-state index contributed by atoms with van der Waals surface area (Å²) in [4.78, 5) is 39.7. The SMILES string of the molecule is CCC[C@@H]1NC(=O)[C@@H]2C[C@H](NC(=O)Nc3cccc(SC)c3)CN2C1=O. The zero-order valence-corrected chi connectivity index (χ0v) is 15.8. The van der Waals surface area contributed by atoms with E-state index in [1.165, 1.54) is 0 Å². The van der Waals surface area contributed by atoms with Crippen molar-refractivity contribution in [3.63, 3.8) is 0 Å². The summed E-state index contributed by atoms with van der Waals surface area (Å²) < 4.78 is 0. The van der Waals surface area contributed by atoms with E-state index in [1.807, 2.05) is 37.4 Å². The van der Waals surface area contributed by atoms with Gasteiger partial charge in [-0.25, -0.2) is 4.79 Å². The molecule has 3 atom stereocenters. The van der Waals surface area contributed by atoms with Gasteiger partial charge >= 0.3 is 6.03 Å². The number of hydrogen-bond donors (Lipinski definition) is 3. The fourth-order valence-electron chi connectivity index (χ4n) is 3.50. The molecule has 2 saturated heterocycles. The standard InChI is InChI=1S/C18H24N4O3S/c1-3-5-14-17(24)22-10-12(9-15(22)16(23)21-14)20-18(25)19-11-6-4-7-13(8-11)26-2/h4,6-8,12,14-15H,3,5,9-10H2,1-2H3,(H,21,23)(H2,19,20,25)/t12-,14-,15-/m0/s1. The Morgan fingerprint density at radius 1 is 1.38 bits per heavy atom. The maximum absolute atomic E-state index is 12.5. The van der Waals surface area contributed by atoms with E-state index in [9.17, 15) is 14.4 Å². The van der Waals surface area contributed by atoms with E-state index in [0.717, 1.165) is 11.3 Å². The Morgan fingerprint density at radius 2 is 2.19 bits per heavy atom. The van der Waals surface area contributed by atoms with E-state index in [0.29, 0.717) is 25.1 Å². The number of carbonyl (C=O) groups is 3. The van der Waals surface area contributed by atoms with Crippen LogP contribution in [-0.2, 0) is 9.59 Å². The number of fused-ring (bicyclic) bond motifs is 1. The summed E-state index contributed by atoms with van der Waals surface area (Å²) in [6, 6.07) is 6.09. The largest absolute Gasteiger partial charge is 0.343 e. The fourth-order valence-corrected chi connectivity index (χ4v) is 3.96. The Kier molecular flexibility index (Phi) is 5.70. The molecule has 2 aliphatic heterocycles. The molecular formula is C18H24N4O3S. The van der Waals surface area contributed by atoms with E-state index in [4.69, 9.17) is 0 Å². The second kappa shape index (κ2) is 7.99. The van der Waals surface area contributed by atoms with E-state index < -0.39 is 12.1 Å². The van der Waals surface area contributed by atoms with Crippen molar-refractivity contribution >= 4 is 35.3 Å². The maximum atomic E-state index is 12.5. The Hall–Kier alpha value is -2.22. The first-order chi connectivity index (χ1) is 12.5. The van der Waals surface area contributed by atoms with Gasteiger partial charge in [0.25, 0.3) is 0 Å². The second-order valence-corrected chi connectivity index (χ2v) is 7.50. The number of piperazine rings is 1. The van der Waals surface area contributed by atoms with E-state index in [2.05, 4.69) is 16.0 Å². The van der Waals surface area contributed by atoms with E-state index >= 15 is 0 Å². The zero-order chi connectivity index (χ0) is 18.7. The first kappa shape index (κ1) is 18.6. The van der Waals surface area contributed by atoms with Crippen molar-refractivity contribution in [1.82, 2.24) is 15.5 Å². The summed E-state index contributed by atoms with van der Waals surface area (Å²) in [6.45, 7) is 2.35. The van der Waals surface area contributed by atoms with Crippen LogP contribution in [0.3, 0.4) is 0 Å². The molecule has 0 radical (unpaired) electrons. The first-order valence-electron chi connectivity index (χ1n) is 8.84. The number of nitrogens with one attached hydrogen (secondary N) is 3. The third-order valence-electron chi connectivity index (χ3n) is 4.74. The molecule has 3 rings (SSSR count). The van der Waals surface area contributed by atoms with Crippen LogP contribution in [0, 0.1) is 0 Å². The van der Waals surface area contributed by atoms with Crippen LogP contribution in [0.5, 0.6) is 0 Å². The molecule has 7 nitrogen and oxygen atoms in total. The number of carbonyl (C=O) groups excluding carboxylic acids is 3. The molecule has 2 fully saturated rings. The number of rotatable bonds is 5. The molecule has 1 aromatic carbocycles. The maximum Gasteiger partial charge on any atom is 0.319 e. The summed E-state index contributed by atoms with van der Waals surface area (Å²) in [6.07, 6.45) is 3.88. The van der Waals surface area contributed by atoms with Crippen molar-refractivity contribution in [2.75, 3.05) is 18.1 Å². The van der Waals surface area contributed by atoms with Gasteiger partial charge in [-0.3, -0.25) is 9.59 Å². The molecule has 0 bridgehead atoms. The van der Waals surface area contributed by atoms with Gasteiger partial charge in [-0.2, -0.15) is 0 Å². The van der Waals surface area contributed by atoms with Gasteiger partial charge in [0.15, 0.2) is 0 Å². The number of urea groups is 1. The Balaban J connectivity index is 1.59. The van der Waals surface area contributed by atoms with Crippen molar-refractivity contribution in [1.29, 1.82) is 0 Å². The minimum Gasteiger partial charge on any atom is -0.343 e. The van der Waals surface area contributed by atoms with Crippen molar-refractivity contribution in [2.45, 2.75) is 49.2 Å². The zero-order valence-electron chi connectivity index (χ0n) is 15.0. The number of thioether (sulfide) groups is 1. The molecular weight excluding hydrogens is 352 g/mol. The van der Waals surface area contributed by atoms with Crippen LogP contribution in [0.1, 0.15) is 26.2 Å². The quantitative estimate of drug-likeness (QED) is 0.684. The highest BCUT2D eigenvalue weighted by atomic mass is 32.2. The number of nitrogens with zero attached hydrogens (tertiary/aromatic N) is 1. The molecule has 0 saturated carbocycles. The minimum atomic E-state index is -0.485. The summed E-state index contributed by atoms with van der Waals surface area (Å²) in [5.41, 5.74) is 0.710. The van der Waals surface area contributed by atoms with Crippen LogP contribution in [0.15, 0.2) is 29.2 Å². The lowest BCUT2D eigenvalue weighted by Crippen LogP contribution is -2.61. The highest BCUT2D eigenvalue weighted by Crippen LogP contribution is 2.24. The molecule has 8 heteroatoms. The molecule has 2 aliphatic rings. The molecule has 0 spiro atoms. The highest BCUT2D eigenvalue weighted by Gasteiger charge is 2.46. The molecule has 140 valence electrons. The number of benzene rings is 1. The predicted octanol–water partition coefficient (Wildman–Crippen LogP) is 1.80. The molecule has 0 aliphatic carbocycles. The van der Waals surface area contributed by atoms with Gasteiger partial charge in [0.1, 0.15) is 12.1 Å². The van der Waals surface area contributed by atoms with Crippen LogP contribution in [-0.4, -0.2) is 53.7 Å². The Labute approximate surface area is 157 Å². The fraction of sp³-hybridized carbons (Fsp3) is 0.500. The lowest BCUT2D eigenvalue weighted by molar-refractivity contribution is -0.147. The normalized spacial score (nSPS) is 24.8. The third-order valence-corrected chi connectivity index (χ3v) is 5.47. The van der Waals surface area contributed by atoms with E-state index in [-0.39, 0.29) is 23.9 Å². The third kappa shape index (κ3) is 3.95. The first-order valence-corrected chi connectivity index (χ1v) is 10.1. The van der Waals surface area contributed by atoms with Crippen molar-refractivity contribution in [2.24, 2.45) is 0 Å². The molecule has 1 aromatic rings. The van der Waals surface area contributed by atoms with Crippen LogP contribution in [0.4, 0.5) is 10.5 Å². The lowest BCUT2D eigenvalue weighted by Gasteiger charge is -2.34. The Bertz CT molecular complexity index is 711. The number of anilines is 1. The van der Waals surface area contributed by atoms with E-state index in [1.54, 1.807) is 16.7 Å². The van der Waals surface area contributed by atoms with Crippen molar-refractivity contribution in [3.8, 4) is 0 Å². The van der Waals surface area contributed by atoms with Gasteiger partial charge in [-0.1, -0.05) is 19.4 Å². The topological polar surface area (TPSA) is 90.5 Å². The smallest absolute Gasteiger partial charge is 0.319 e. The summed E-state index contributed by atoms with van der Waals surface area (Å²) in [7, 11) is 0. The van der Waals surface area contributed by atoms with Gasteiger partial charge in [-0.05, 0) is 37.3 Å². The summed E-state index contributed by atoms with van der Waals surface area (Å²) >= 11 is 1.60. The van der Waals surface area contributed by atoms with Crippen LogP contribution in [0.25, 0.3) is 0 Å². The summed E-state index contributed by atoms with van der Waals surface area (Å²) in [5, 5.41) is 8.49. The predicted molar refractivity (Wildman–Crippen MR) is 101 cm³/mol. The van der Waals surface area contributed by atoms with Crippen LogP contribution >= 0.6 is 11.8 Å². The van der Waals surface area contributed by atoms with Gasteiger partial charge in [0.2, 0.25) is 11.8 Å². The monoisotopic (exact) mass is 376 g/mol. The average Bonchev–Trinajstić information content (AvgIpc) is 3.04. The number of hydrogen-bond acceptors (Lipinski definition) is 4. The van der Waals surface area contributed by atoms with Gasteiger partial charge < -0.3 is 20.9 Å². The molecule has 0 unspecified atom stereocenters. The molecule has 0 aromatic heterocycles. The minimum absolute atomic E-state index is 0.0474.